The molecule has 1 N–H and O–H groups in total. The molecule has 96 valence electrons. The first-order valence-corrected chi connectivity index (χ1v) is 7.39. The van der Waals surface area contributed by atoms with Crippen LogP contribution in [0.3, 0.4) is 0 Å². The maximum absolute atomic E-state index is 4.84. The zero-order valence-electron chi connectivity index (χ0n) is 11.1. The smallest absolute Gasteiger partial charge is 0.107 e. The molecular formula is C13H23N3S. The van der Waals surface area contributed by atoms with Crippen molar-refractivity contribution < 1.29 is 0 Å². The Labute approximate surface area is 108 Å². The number of hydrogen-bond acceptors (Lipinski definition) is 4. The second-order valence-corrected chi connectivity index (χ2v) is 6.22. The maximum Gasteiger partial charge on any atom is 0.107 e. The molecule has 1 unspecified atom stereocenters. The van der Waals surface area contributed by atoms with Crippen LogP contribution < -0.4 is 5.32 Å². The van der Waals surface area contributed by atoms with Crippen molar-refractivity contribution in [3.63, 3.8) is 0 Å². The monoisotopic (exact) mass is 253 g/mol. The number of rotatable bonds is 5. The van der Waals surface area contributed by atoms with Gasteiger partial charge in [0.25, 0.3) is 0 Å². The lowest BCUT2D eigenvalue weighted by molar-refractivity contribution is 0.399. The molecule has 0 aromatic carbocycles. The molecule has 1 aliphatic rings. The van der Waals surface area contributed by atoms with E-state index in [9.17, 15) is 0 Å². The minimum absolute atomic E-state index is 0.505. The van der Waals surface area contributed by atoms with Crippen molar-refractivity contribution in [1.82, 2.24) is 15.2 Å². The number of aryl methyl sites for hydroxylation is 1. The summed E-state index contributed by atoms with van der Waals surface area (Å²) in [7, 11) is 4.21. The van der Waals surface area contributed by atoms with Gasteiger partial charge in [-0.1, -0.05) is 6.92 Å². The van der Waals surface area contributed by atoms with Crippen molar-refractivity contribution in [1.29, 1.82) is 0 Å². The van der Waals surface area contributed by atoms with Crippen LogP contribution in [0.15, 0.2) is 0 Å². The molecule has 0 spiro atoms. The first-order valence-electron chi connectivity index (χ1n) is 6.57. The van der Waals surface area contributed by atoms with Crippen LogP contribution in [0.25, 0.3) is 0 Å². The Hall–Kier alpha value is -0.450. The summed E-state index contributed by atoms with van der Waals surface area (Å²) in [5.74, 6) is 0. The predicted octanol–water partition coefficient (Wildman–Crippen LogP) is 2.58. The zero-order valence-corrected chi connectivity index (χ0v) is 11.9. The number of aromatic nitrogens is 1. The van der Waals surface area contributed by atoms with Crippen LogP contribution in [0, 0.1) is 0 Å². The van der Waals surface area contributed by atoms with Gasteiger partial charge in [-0.3, -0.25) is 0 Å². The van der Waals surface area contributed by atoms with Gasteiger partial charge < -0.3 is 10.2 Å². The van der Waals surface area contributed by atoms with E-state index in [-0.39, 0.29) is 0 Å². The van der Waals surface area contributed by atoms with Crippen molar-refractivity contribution in [2.75, 3.05) is 20.6 Å². The highest BCUT2D eigenvalue weighted by atomic mass is 32.1. The molecule has 4 heteroatoms. The molecule has 0 radical (unpaired) electrons. The summed E-state index contributed by atoms with van der Waals surface area (Å²) in [6.45, 7) is 4.29. The average molecular weight is 253 g/mol. The SMILES string of the molecule is CCCNC1CCCc2sc(CN(C)C)nc21. The van der Waals surface area contributed by atoms with Crippen molar-refractivity contribution in [3.8, 4) is 0 Å². The first-order chi connectivity index (χ1) is 8.20. The van der Waals surface area contributed by atoms with Gasteiger partial charge in [0.1, 0.15) is 5.01 Å². The van der Waals surface area contributed by atoms with Crippen molar-refractivity contribution >= 4 is 11.3 Å². The summed E-state index contributed by atoms with van der Waals surface area (Å²) >= 11 is 1.91. The van der Waals surface area contributed by atoms with Crippen molar-refractivity contribution in [3.05, 3.63) is 15.6 Å². The Morgan fingerprint density at radius 2 is 2.29 bits per heavy atom. The van der Waals surface area contributed by atoms with E-state index in [0.29, 0.717) is 6.04 Å². The summed E-state index contributed by atoms with van der Waals surface area (Å²) in [4.78, 5) is 8.55. The fourth-order valence-corrected chi connectivity index (χ4v) is 3.61. The fourth-order valence-electron chi connectivity index (χ4n) is 2.32. The largest absolute Gasteiger partial charge is 0.309 e. The van der Waals surface area contributed by atoms with Crippen LogP contribution in [-0.2, 0) is 13.0 Å². The quantitative estimate of drug-likeness (QED) is 0.874. The third-order valence-electron chi connectivity index (χ3n) is 3.09. The summed E-state index contributed by atoms with van der Waals surface area (Å²) in [6.07, 6.45) is 4.97. The molecule has 1 aromatic rings. The first kappa shape index (κ1) is 13.0. The lowest BCUT2D eigenvalue weighted by Gasteiger charge is -2.22. The van der Waals surface area contributed by atoms with Crippen LogP contribution in [0.4, 0.5) is 0 Å². The Morgan fingerprint density at radius 3 is 3.00 bits per heavy atom. The molecule has 0 saturated heterocycles. The minimum Gasteiger partial charge on any atom is -0.309 e. The highest BCUT2D eigenvalue weighted by molar-refractivity contribution is 7.11. The Morgan fingerprint density at radius 1 is 1.47 bits per heavy atom. The topological polar surface area (TPSA) is 28.2 Å². The molecule has 1 aromatic heterocycles. The van der Waals surface area contributed by atoms with E-state index in [0.717, 1.165) is 13.1 Å². The highest BCUT2D eigenvalue weighted by Gasteiger charge is 2.24. The van der Waals surface area contributed by atoms with Gasteiger partial charge in [-0.25, -0.2) is 4.98 Å². The standard InChI is InChI=1S/C13H23N3S/c1-4-8-14-10-6-5-7-11-13(10)15-12(17-11)9-16(2)3/h10,14H,4-9H2,1-3H3. The van der Waals surface area contributed by atoms with Crippen molar-refractivity contribution in [2.45, 2.75) is 45.2 Å². The van der Waals surface area contributed by atoms with Gasteiger partial charge >= 0.3 is 0 Å². The van der Waals surface area contributed by atoms with E-state index in [1.54, 1.807) is 0 Å². The van der Waals surface area contributed by atoms with E-state index in [2.05, 4.69) is 31.2 Å². The van der Waals surface area contributed by atoms with Crippen LogP contribution in [-0.4, -0.2) is 30.5 Å². The third kappa shape index (κ3) is 3.27. The van der Waals surface area contributed by atoms with E-state index in [1.165, 1.54) is 41.3 Å². The van der Waals surface area contributed by atoms with Crippen LogP contribution in [0.1, 0.15) is 47.8 Å². The average Bonchev–Trinajstić information content (AvgIpc) is 2.67. The molecule has 0 fully saturated rings. The Bertz CT molecular complexity index is 360. The molecule has 1 heterocycles. The molecule has 2 rings (SSSR count). The second-order valence-electron chi connectivity index (χ2n) is 5.05. The van der Waals surface area contributed by atoms with E-state index in [4.69, 9.17) is 4.98 Å². The van der Waals surface area contributed by atoms with E-state index < -0.39 is 0 Å². The number of thiazole rings is 1. The number of nitrogens with zero attached hydrogens (tertiary/aromatic N) is 2. The summed E-state index contributed by atoms with van der Waals surface area (Å²) in [6, 6.07) is 0.505. The van der Waals surface area contributed by atoms with Gasteiger partial charge in [0.2, 0.25) is 0 Å². The minimum atomic E-state index is 0.505. The molecule has 0 bridgehead atoms. The third-order valence-corrected chi connectivity index (χ3v) is 4.21. The summed E-state index contributed by atoms with van der Waals surface area (Å²) in [5.41, 5.74) is 1.34. The van der Waals surface area contributed by atoms with E-state index >= 15 is 0 Å². The summed E-state index contributed by atoms with van der Waals surface area (Å²) < 4.78 is 0. The van der Waals surface area contributed by atoms with Gasteiger partial charge in [0.15, 0.2) is 0 Å². The second kappa shape index (κ2) is 5.94. The number of nitrogens with one attached hydrogen (secondary N) is 1. The van der Waals surface area contributed by atoms with Gasteiger partial charge in [-0.05, 0) is 46.3 Å². The van der Waals surface area contributed by atoms with Gasteiger partial charge in [0.05, 0.1) is 11.7 Å². The highest BCUT2D eigenvalue weighted by Crippen LogP contribution is 2.33. The molecular weight excluding hydrogens is 230 g/mol. The molecule has 0 aliphatic heterocycles. The number of fused-ring (bicyclic) bond motifs is 1. The lowest BCUT2D eigenvalue weighted by atomic mass is 9.97. The van der Waals surface area contributed by atoms with Crippen LogP contribution >= 0.6 is 11.3 Å². The van der Waals surface area contributed by atoms with Crippen molar-refractivity contribution in [2.24, 2.45) is 0 Å². The molecule has 0 amide bonds. The van der Waals surface area contributed by atoms with Crippen LogP contribution in [0.5, 0.6) is 0 Å². The molecule has 1 aliphatic carbocycles. The summed E-state index contributed by atoms with van der Waals surface area (Å²) in [5, 5.41) is 4.89. The lowest BCUT2D eigenvalue weighted by Crippen LogP contribution is -2.25. The molecule has 3 nitrogen and oxygen atoms in total. The molecule has 17 heavy (non-hydrogen) atoms. The predicted molar refractivity (Wildman–Crippen MR) is 73.5 cm³/mol. The van der Waals surface area contributed by atoms with Crippen LogP contribution in [0.2, 0.25) is 0 Å². The van der Waals surface area contributed by atoms with Gasteiger partial charge in [-0.15, -0.1) is 11.3 Å². The fraction of sp³-hybridized carbons (Fsp3) is 0.769. The Kier molecular flexibility index (Phi) is 4.54. The Balaban J connectivity index is 2.10. The van der Waals surface area contributed by atoms with Gasteiger partial charge in [0, 0.05) is 11.4 Å². The van der Waals surface area contributed by atoms with Gasteiger partial charge in [-0.2, -0.15) is 0 Å². The maximum atomic E-state index is 4.84. The molecule has 0 saturated carbocycles. The molecule has 1 atom stereocenters. The zero-order chi connectivity index (χ0) is 12.3. The number of hydrogen-bond donors (Lipinski definition) is 1. The van der Waals surface area contributed by atoms with E-state index in [1.807, 2.05) is 11.3 Å². The normalized spacial score (nSPS) is 19.6.